The third kappa shape index (κ3) is 5.28. The number of anilines is 1. The highest BCUT2D eigenvalue weighted by molar-refractivity contribution is 7.07. The molecule has 0 bridgehead atoms. The topological polar surface area (TPSA) is 103 Å². The Morgan fingerprint density at radius 2 is 1.61 bits per heavy atom. The van der Waals surface area contributed by atoms with E-state index in [1.165, 1.54) is 20.9 Å². The normalized spacial score (nSPS) is 18.2. The number of esters is 1. The van der Waals surface area contributed by atoms with Crippen molar-refractivity contribution in [3.63, 3.8) is 0 Å². The number of aromatic nitrogens is 1. The van der Waals surface area contributed by atoms with Crippen molar-refractivity contribution in [1.29, 1.82) is 0 Å². The molecular formula is C34H30N4O5S. The number of para-hydroxylation sites is 1. The van der Waals surface area contributed by atoms with Crippen LogP contribution in [0, 0.1) is 5.92 Å². The molecule has 4 aromatic rings. The molecule has 0 unspecified atom stereocenters. The Bertz CT molecular complexity index is 1960. The van der Waals surface area contributed by atoms with Crippen molar-refractivity contribution < 1.29 is 19.1 Å². The van der Waals surface area contributed by atoms with Crippen molar-refractivity contribution in [1.82, 2.24) is 4.57 Å². The molecule has 44 heavy (non-hydrogen) atoms. The predicted octanol–water partition coefficient (Wildman–Crippen LogP) is 4.32. The molecule has 3 heterocycles. The first-order valence-corrected chi connectivity index (χ1v) is 15.2. The van der Waals surface area contributed by atoms with Gasteiger partial charge in [0.05, 0.1) is 46.5 Å². The second-order valence-electron chi connectivity index (χ2n) is 10.2. The molecule has 0 N–H and O–H groups in total. The lowest BCUT2D eigenvalue weighted by molar-refractivity contribution is -0.138. The number of hydrogen-bond acceptors (Lipinski definition) is 8. The van der Waals surface area contributed by atoms with Gasteiger partial charge in [0.15, 0.2) is 4.80 Å². The number of thiazole rings is 1. The molecule has 0 radical (unpaired) electrons. The van der Waals surface area contributed by atoms with Crippen LogP contribution in [0.2, 0.25) is 0 Å². The van der Waals surface area contributed by atoms with Crippen molar-refractivity contribution in [3.8, 4) is 5.75 Å². The molecule has 0 fully saturated rings. The van der Waals surface area contributed by atoms with Gasteiger partial charge in [0.1, 0.15) is 11.7 Å². The summed E-state index contributed by atoms with van der Waals surface area (Å²) < 4.78 is 13.0. The number of hydrazone groups is 1. The first-order chi connectivity index (χ1) is 21.4. The maximum atomic E-state index is 14.2. The number of carbonyl (C=O) groups is 2. The molecule has 6 rings (SSSR count). The van der Waals surface area contributed by atoms with Gasteiger partial charge in [0.2, 0.25) is 0 Å². The van der Waals surface area contributed by atoms with Crippen LogP contribution in [0.25, 0.3) is 11.8 Å². The van der Waals surface area contributed by atoms with E-state index in [-0.39, 0.29) is 23.6 Å². The standard InChI is InChI=1S/C34H30N4O5S/c1-4-42-25-18-16-23(17-19-25)30-28(33(41)43-5-2)29(22-12-8-6-9-13-22)35-34-37(30)32(40)27(44-34)20-26-21(3)36-38(31(26)39)24-14-10-7-11-15-24/h6-20,26,30H,4-5H2,1-3H3/b27-20-/t26-,30+/m0/s1. The summed E-state index contributed by atoms with van der Waals surface area (Å²) in [4.78, 5) is 46.6. The number of fused-ring (bicyclic) bond motifs is 1. The number of benzene rings is 3. The summed E-state index contributed by atoms with van der Waals surface area (Å²) in [6, 6.07) is 25.0. The lowest BCUT2D eigenvalue weighted by Gasteiger charge is -2.26. The number of hydrogen-bond donors (Lipinski definition) is 0. The van der Waals surface area contributed by atoms with Gasteiger partial charge in [0, 0.05) is 5.56 Å². The van der Waals surface area contributed by atoms with Crippen LogP contribution in [-0.4, -0.2) is 35.4 Å². The molecule has 0 saturated heterocycles. The summed E-state index contributed by atoms with van der Waals surface area (Å²) in [6.07, 6.45) is 1.65. The molecule has 1 aromatic heterocycles. The van der Waals surface area contributed by atoms with Gasteiger partial charge >= 0.3 is 5.97 Å². The van der Waals surface area contributed by atoms with E-state index in [9.17, 15) is 14.4 Å². The third-order valence-electron chi connectivity index (χ3n) is 7.38. The molecule has 2 aliphatic rings. The lowest BCUT2D eigenvalue weighted by Crippen LogP contribution is -2.40. The van der Waals surface area contributed by atoms with E-state index in [0.29, 0.717) is 44.3 Å². The highest BCUT2D eigenvalue weighted by Crippen LogP contribution is 2.36. The fourth-order valence-corrected chi connectivity index (χ4v) is 6.37. The molecule has 3 aromatic carbocycles. The Morgan fingerprint density at radius 1 is 0.932 bits per heavy atom. The summed E-state index contributed by atoms with van der Waals surface area (Å²) >= 11 is 1.18. The first kappa shape index (κ1) is 29.0. The minimum Gasteiger partial charge on any atom is -0.494 e. The van der Waals surface area contributed by atoms with E-state index >= 15 is 0 Å². The van der Waals surface area contributed by atoms with Gasteiger partial charge in [-0.1, -0.05) is 72.0 Å². The molecular weight excluding hydrogens is 576 g/mol. The molecule has 0 aliphatic carbocycles. The molecule has 0 saturated carbocycles. The largest absolute Gasteiger partial charge is 0.494 e. The maximum Gasteiger partial charge on any atom is 0.338 e. The number of rotatable bonds is 8. The lowest BCUT2D eigenvalue weighted by atomic mass is 9.93. The summed E-state index contributed by atoms with van der Waals surface area (Å²) in [6.45, 7) is 6.08. The summed E-state index contributed by atoms with van der Waals surface area (Å²) in [5.41, 5.74) is 2.96. The Kier molecular flexibility index (Phi) is 8.08. The van der Waals surface area contributed by atoms with Gasteiger partial charge in [-0.05, 0) is 56.7 Å². The van der Waals surface area contributed by atoms with Crippen LogP contribution in [-0.2, 0) is 14.3 Å². The van der Waals surface area contributed by atoms with Gasteiger partial charge in [-0.25, -0.2) is 9.79 Å². The summed E-state index contributed by atoms with van der Waals surface area (Å²) in [7, 11) is 0. The SMILES string of the molecule is CCOC(=O)C1=C(c2ccccc2)N=c2s/c(=C\[C@@H]3C(=O)N(c4ccccc4)N=C3C)c(=O)n2[C@@H]1c1ccc(OCC)cc1. The van der Waals surface area contributed by atoms with Crippen LogP contribution < -0.4 is 24.6 Å². The smallest absolute Gasteiger partial charge is 0.338 e. The van der Waals surface area contributed by atoms with E-state index in [2.05, 4.69) is 5.10 Å². The minimum absolute atomic E-state index is 0.158. The van der Waals surface area contributed by atoms with Crippen LogP contribution in [0.1, 0.15) is 37.9 Å². The molecule has 10 heteroatoms. The van der Waals surface area contributed by atoms with E-state index in [1.807, 2.05) is 91.9 Å². The third-order valence-corrected chi connectivity index (χ3v) is 8.38. The predicted molar refractivity (Wildman–Crippen MR) is 170 cm³/mol. The van der Waals surface area contributed by atoms with Gasteiger partial charge in [-0.2, -0.15) is 10.1 Å². The van der Waals surface area contributed by atoms with Crippen molar-refractivity contribution in [3.05, 3.63) is 121 Å². The number of amides is 1. The maximum absolute atomic E-state index is 14.2. The van der Waals surface area contributed by atoms with E-state index in [0.717, 1.165) is 5.56 Å². The Hall–Kier alpha value is -5.09. The number of carbonyl (C=O) groups excluding carboxylic acids is 2. The van der Waals surface area contributed by atoms with Crippen LogP contribution in [0.4, 0.5) is 5.69 Å². The molecule has 1 amide bonds. The zero-order chi connectivity index (χ0) is 30.8. The molecule has 0 spiro atoms. The average Bonchev–Trinajstić information content (AvgIpc) is 3.52. The fraction of sp³-hybridized carbons (Fsp3) is 0.206. The molecule has 222 valence electrons. The number of ether oxygens (including phenoxy) is 2. The molecule has 2 atom stereocenters. The monoisotopic (exact) mass is 606 g/mol. The van der Waals surface area contributed by atoms with Crippen molar-refractivity contribution in [2.45, 2.75) is 26.8 Å². The molecule has 9 nitrogen and oxygen atoms in total. The second kappa shape index (κ2) is 12.3. The zero-order valence-corrected chi connectivity index (χ0v) is 25.3. The van der Waals surface area contributed by atoms with Crippen LogP contribution in [0.15, 0.2) is 105 Å². The quantitative estimate of drug-likeness (QED) is 0.278. The highest BCUT2D eigenvalue weighted by atomic mass is 32.1. The fourth-order valence-electron chi connectivity index (χ4n) is 5.36. The van der Waals surface area contributed by atoms with Crippen molar-refractivity contribution >= 4 is 46.4 Å². The van der Waals surface area contributed by atoms with Crippen molar-refractivity contribution in [2.75, 3.05) is 18.2 Å². The Balaban J connectivity index is 1.54. The van der Waals surface area contributed by atoms with E-state index in [1.54, 1.807) is 19.9 Å². The van der Waals surface area contributed by atoms with Crippen LogP contribution in [0.5, 0.6) is 5.75 Å². The van der Waals surface area contributed by atoms with Crippen LogP contribution in [0.3, 0.4) is 0 Å². The van der Waals surface area contributed by atoms with Gasteiger partial charge in [0.25, 0.3) is 11.5 Å². The van der Waals surface area contributed by atoms with Crippen LogP contribution >= 0.6 is 11.3 Å². The Morgan fingerprint density at radius 3 is 2.27 bits per heavy atom. The summed E-state index contributed by atoms with van der Waals surface area (Å²) in [5.74, 6) is -0.861. The van der Waals surface area contributed by atoms with Gasteiger partial charge in [-0.15, -0.1) is 0 Å². The van der Waals surface area contributed by atoms with E-state index < -0.39 is 17.9 Å². The number of nitrogens with zero attached hydrogens (tertiary/aromatic N) is 4. The summed E-state index contributed by atoms with van der Waals surface area (Å²) in [5, 5.41) is 5.85. The first-order valence-electron chi connectivity index (χ1n) is 14.4. The van der Waals surface area contributed by atoms with Gasteiger partial charge < -0.3 is 9.47 Å². The van der Waals surface area contributed by atoms with Gasteiger partial charge in [-0.3, -0.25) is 14.2 Å². The zero-order valence-electron chi connectivity index (χ0n) is 24.5. The van der Waals surface area contributed by atoms with Crippen molar-refractivity contribution in [2.24, 2.45) is 16.0 Å². The Labute approximate surface area is 257 Å². The minimum atomic E-state index is -0.826. The second-order valence-corrected chi connectivity index (χ2v) is 11.2. The molecule has 2 aliphatic heterocycles. The highest BCUT2D eigenvalue weighted by Gasteiger charge is 2.37. The average molecular weight is 607 g/mol. The van der Waals surface area contributed by atoms with E-state index in [4.69, 9.17) is 14.5 Å².